The highest BCUT2D eigenvalue weighted by molar-refractivity contribution is 7.91. The van der Waals surface area contributed by atoms with E-state index in [0.717, 1.165) is 6.42 Å². The molecule has 2 atom stereocenters. The van der Waals surface area contributed by atoms with E-state index in [9.17, 15) is 12.8 Å². The van der Waals surface area contributed by atoms with Gasteiger partial charge in [-0.1, -0.05) is 12.1 Å². The van der Waals surface area contributed by atoms with E-state index in [0.29, 0.717) is 18.5 Å². The summed E-state index contributed by atoms with van der Waals surface area (Å²) < 4.78 is 38.1. The van der Waals surface area contributed by atoms with E-state index in [1.807, 2.05) is 0 Å². The fourth-order valence-electron chi connectivity index (χ4n) is 3.35. The molecule has 0 amide bonds. The molecule has 0 radical (unpaired) electrons. The fraction of sp³-hybridized carbons (Fsp3) is 0.571. The maximum atomic E-state index is 14.0. The van der Waals surface area contributed by atoms with E-state index < -0.39 is 20.6 Å². The lowest BCUT2D eigenvalue weighted by molar-refractivity contribution is 0.415. The highest BCUT2D eigenvalue weighted by Gasteiger charge is 2.50. The first-order valence-electron chi connectivity index (χ1n) is 6.70. The van der Waals surface area contributed by atoms with Crippen molar-refractivity contribution in [2.75, 3.05) is 24.7 Å². The minimum absolute atomic E-state index is 0.190. The Labute approximate surface area is 119 Å². The Hall–Kier alpha value is -1.14. The second-order valence-electron chi connectivity index (χ2n) is 5.53. The van der Waals surface area contributed by atoms with Crippen molar-refractivity contribution in [2.45, 2.75) is 30.1 Å². The van der Waals surface area contributed by atoms with Crippen LogP contribution in [0, 0.1) is 5.82 Å². The molecule has 1 saturated carbocycles. The maximum absolute atomic E-state index is 14.0. The van der Waals surface area contributed by atoms with Gasteiger partial charge in [0.05, 0.1) is 16.5 Å². The number of nitrogens with zero attached hydrogens (tertiary/aromatic N) is 1. The lowest BCUT2D eigenvalue weighted by Crippen LogP contribution is -2.59. The van der Waals surface area contributed by atoms with Gasteiger partial charge in [-0.05, 0) is 31.4 Å². The summed E-state index contributed by atoms with van der Waals surface area (Å²) in [5.41, 5.74) is 5.59. The van der Waals surface area contributed by atoms with Gasteiger partial charge < -0.3 is 10.6 Å². The predicted molar refractivity (Wildman–Crippen MR) is 79.1 cm³/mol. The van der Waals surface area contributed by atoms with Crippen LogP contribution in [0.15, 0.2) is 24.3 Å². The first-order chi connectivity index (χ1) is 9.33. The Kier molecular flexibility index (Phi) is 4.07. The average molecular weight is 300 g/mol. The largest absolute Gasteiger partial charge is 0.364 e. The van der Waals surface area contributed by atoms with Crippen molar-refractivity contribution in [1.82, 2.24) is 0 Å². The molecule has 4 nitrogen and oxygen atoms in total. The lowest BCUT2D eigenvalue weighted by Gasteiger charge is -2.43. The molecule has 6 heteroatoms. The molecule has 0 aromatic heterocycles. The maximum Gasteiger partial charge on any atom is 0.152 e. The van der Waals surface area contributed by atoms with Crippen molar-refractivity contribution < 1.29 is 12.8 Å². The predicted octanol–water partition coefficient (Wildman–Crippen LogP) is 1.56. The smallest absolute Gasteiger partial charge is 0.152 e. The quantitative estimate of drug-likeness (QED) is 0.916. The molecule has 0 saturated heterocycles. The molecule has 20 heavy (non-hydrogen) atoms. The molecule has 0 spiro atoms. The van der Waals surface area contributed by atoms with E-state index in [-0.39, 0.29) is 12.4 Å². The topological polar surface area (TPSA) is 63.4 Å². The number of rotatable bonds is 4. The lowest BCUT2D eigenvalue weighted by atomic mass is 9.94. The van der Waals surface area contributed by atoms with Crippen molar-refractivity contribution >= 4 is 15.5 Å². The number of para-hydroxylation sites is 1. The molecule has 1 aromatic rings. The van der Waals surface area contributed by atoms with Gasteiger partial charge >= 0.3 is 0 Å². The number of halogens is 1. The van der Waals surface area contributed by atoms with Crippen LogP contribution in [-0.2, 0) is 9.84 Å². The van der Waals surface area contributed by atoms with Crippen LogP contribution < -0.4 is 10.6 Å². The van der Waals surface area contributed by atoms with Gasteiger partial charge in [-0.3, -0.25) is 0 Å². The Morgan fingerprint density at radius 3 is 2.65 bits per heavy atom. The summed E-state index contributed by atoms with van der Waals surface area (Å²) in [5, 5.41) is -0.551. The minimum atomic E-state index is -3.23. The summed E-state index contributed by atoms with van der Waals surface area (Å²) in [7, 11) is -1.50. The Bertz CT molecular complexity index is 591. The van der Waals surface area contributed by atoms with Gasteiger partial charge in [0, 0.05) is 19.8 Å². The summed E-state index contributed by atoms with van der Waals surface area (Å²) in [4.78, 5) is 1.72. The summed E-state index contributed by atoms with van der Waals surface area (Å²) in [6.45, 7) is 0.190. The number of benzene rings is 1. The molecular formula is C14H21FN2O2S. The van der Waals surface area contributed by atoms with Crippen LogP contribution in [-0.4, -0.2) is 39.1 Å². The zero-order chi connectivity index (χ0) is 15.0. The van der Waals surface area contributed by atoms with Gasteiger partial charge in [-0.25, -0.2) is 12.8 Å². The van der Waals surface area contributed by atoms with Crippen LogP contribution in [0.4, 0.5) is 10.1 Å². The van der Waals surface area contributed by atoms with E-state index >= 15 is 0 Å². The van der Waals surface area contributed by atoms with Gasteiger partial charge in [0.2, 0.25) is 0 Å². The second-order valence-corrected chi connectivity index (χ2v) is 7.76. The van der Waals surface area contributed by atoms with Crippen molar-refractivity contribution in [3.05, 3.63) is 30.1 Å². The second kappa shape index (κ2) is 5.33. The van der Waals surface area contributed by atoms with Crippen molar-refractivity contribution in [3.8, 4) is 0 Å². The molecule has 1 fully saturated rings. The third-order valence-electron chi connectivity index (χ3n) is 4.43. The Balaban J connectivity index is 2.48. The SMILES string of the molecule is CN(c1ccccc1F)C1(CN)CCCC1S(C)(=O)=O. The highest BCUT2D eigenvalue weighted by Crippen LogP contribution is 2.40. The van der Waals surface area contributed by atoms with Gasteiger partial charge in [0.1, 0.15) is 5.82 Å². The zero-order valence-electron chi connectivity index (χ0n) is 11.8. The number of hydrogen-bond donors (Lipinski definition) is 1. The molecule has 1 aromatic carbocycles. The van der Waals surface area contributed by atoms with E-state index in [2.05, 4.69) is 0 Å². The molecule has 0 aliphatic heterocycles. The number of sulfone groups is 1. The van der Waals surface area contributed by atoms with E-state index in [4.69, 9.17) is 5.73 Å². The zero-order valence-corrected chi connectivity index (χ0v) is 12.7. The Morgan fingerprint density at radius 2 is 2.10 bits per heavy atom. The van der Waals surface area contributed by atoms with E-state index in [1.165, 1.54) is 12.3 Å². The highest BCUT2D eigenvalue weighted by atomic mass is 32.2. The molecule has 0 bridgehead atoms. The molecule has 1 aliphatic rings. The summed E-state index contributed by atoms with van der Waals surface area (Å²) in [5.74, 6) is -0.359. The minimum Gasteiger partial charge on any atom is -0.364 e. The molecule has 112 valence electrons. The summed E-state index contributed by atoms with van der Waals surface area (Å²) in [6, 6.07) is 6.39. The van der Waals surface area contributed by atoms with E-state index in [1.54, 1.807) is 30.1 Å². The van der Waals surface area contributed by atoms with Crippen LogP contribution in [0.2, 0.25) is 0 Å². The first-order valence-corrected chi connectivity index (χ1v) is 8.65. The summed E-state index contributed by atoms with van der Waals surface area (Å²) in [6.07, 6.45) is 3.26. The van der Waals surface area contributed by atoms with Gasteiger partial charge in [-0.15, -0.1) is 0 Å². The fourth-order valence-corrected chi connectivity index (χ4v) is 5.12. The van der Waals surface area contributed by atoms with Crippen LogP contribution in [0.5, 0.6) is 0 Å². The monoisotopic (exact) mass is 300 g/mol. The third kappa shape index (κ3) is 2.42. The van der Waals surface area contributed by atoms with Gasteiger partial charge in [0.25, 0.3) is 0 Å². The standard InChI is InChI=1S/C14H21FN2O2S/c1-17(12-7-4-3-6-11(12)15)14(10-16)9-5-8-13(14)20(2,18)19/h3-4,6-7,13H,5,8-10,16H2,1-2H3. The first kappa shape index (κ1) is 15.3. The van der Waals surface area contributed by atoms with Gasteiger partial charge in [-0.2, -0.15) is 0 Å². The number of anilines is 1. The molecule has 2 rings (SSSR count). The van der Waals surface area contributed by atoms with Crippen LogP contribution in [0.25, 0.3) is 0 Å². The number of nitrogens with two attached hydrogens (primary N) is 1. The molecule has 0 heterocycles. The van der Waals surface area contributed by atoms with Crippen molar-refractivity contribution in [2.24, 2.45) is 5.73 Å². The molecular weight excluding hydrogens is 279 g/mol. The van der Waals surface area contributed by atoms with Gasteiger partial charge in [0.15, 0.2) is 9.84 Å². The van der Waals surface area contributed by atoms with Crippen molar-refractivity contribution in [3.63, 3.8) is 0 Å². The average Bonchev–Trinajstić information content (AvgIpc) is 2.83. The van der Waals surface area contributed by atoms with Crippen LogP contribution in [0.3, 0.4) is 0 Å². The summed E-state index contributed by atoms with van der Waals surface area (Å²) >= 11 is 0. The van der Waals surface area contributed by atoms with Crippen LogP contribution >= 0.6 is 0 Å². The normalized spacial score (nSPS) is 26.7. The Morgan fingerprint density at radius 1 is 1.45 bits per heavy atom. The number of likely N-dealkylation sites (N-methyl/N-ethyl adjacent to an activating group) is 1. The van der Waals surface area contributed by atoms with Crippen molar-refractivity contribution in [1.29, 1.82) is 0 Å². The molecule has 2 unspecified atom stereocenters. The van der Waals surface area contributed by atoms with Crippen LogP contribution in [0.1, 0.15) is 19.3 Å². The molecule has 2 N–H and O–H groups in total. The number of hydrogen-bond acceptors (Lipinski definition) is 4. The molecule has 1 aliphatic carbocycles. The third-order valence-corrected chi connectivity index (χ3v) is 6.14.